The SMILES string of the molecule is CC(C)c1cccc(C(C)C)c1C(N)C[N]([Cu])CC(N)c1c(C(C)C)cccc1C(C)C. The predicted octanol–water partition coefficient (Wildman–Crippen LogP) is 6.64. The molecule has 0 amide bonds. The molecule has 2 atom stereocenters. The van der Waals surface area contributed by atoms with Gasteiger partial charge in [-0.1, -0.05) is 0 Å². The van der Waals surface area contributed by atoms with Crippen LogP contribution in [0.5, 0.6) is 0 Å². The first kappa shape index (κ1) is 27.1. The Bertz CT molecular complexity index is 749. The van der Waals surface area contributed by atoms with Crippen LogP contribution in [0, 0.1) is 0 Å². The van der Waals surface area contributed by atoms with Gasteiger partial charge in [-0.2, -0.15) is 0 Å². The fourth-order valence-corrected chi connectivity index (χ4v) is 5.10. The van der Waals surface area contributed by atoms with Crippen LogP contribution in [0.3, 0.4) is 0 Å². The van der Waals surface area contributed by atoms with Gasteiger partial charge in [-0.3, -0.25) is 0 Å². The second-order valence-corrected chi connectivity index (χ2v) is 10.9. The first-order valence-corrected chi connectivity index (χ1v) is 12.5. The van der Waals surface area contributed by atoms with Gasteiger partial charge in [0.15, 0.2) is 0 Å². The Morgan fingerprint density at radius 1 is 0.594 bits per heavy atom. The van der Waals surface area contributed by atoms with Gasteiger partial charge in [0.2, 0.25) is 0 Å². The van der Waals surface area contributed by atoms with Gasteiger partial charge in [-0.05, 0) is 0 Å². The predicted molar refractivity (Wildman–Crippen MR) is 135 cm³/mol. The molecule has 3 nitrogen and oxygen atoms in total. The van der Waals surface area contributed by atoms with Gasteiger partial charge < -0.3 is 0 Å². The van der Waals surface area contributed by atoms with E-state index in [9.17, 15) is 0 Å². The Morgan fingerprint density at radius 3 is 1.06 bits per heavy atom. The molecule has 0 fully saturated rings. The third kappa shape index (κ3) is 6.46. The van der Waals surface area contributed by atoms with E-state index in [2.05, 4.69) is 91.8 Å². The summed E-state index contributed by atoms with van der Waals surface area (Å²) in [6, 6.07) is 12.8. The molecule has 0 saturated heterocycles. The van der Waals surface area contributed by atoms with E-state index in [1.165, 1.54) is 33.4 Å². The standard InChI is InChI=1S/C28H44N3.Cu/c1-17(2)21-11-9-12-22(18(3)4)27(21)25(29)15-31-16-26(30)28-23(19(5)6)13-10-14-24(28)20(7)8;/h9-14,17-20,25-26H,15-16,29-30H2,1-8H3;/q-1;+1. The molecule has 0 bridgehead atoms. The molecular formula is C28H44CuN3. The molecule has 32 heavy (non-hydrogen) atoms. The fourth-order valence-electron chi connectivity index (χ4n) is 4.73. The number of hydrogen-bond acceptors (Lipinski definition) is 3. The van der Waals surface area contributed by atoms with Crippen molar-refractivity contribution in [2.75, 3.05) is 13.1 Å². The van der Waals surface area contributed by atoms with Crippen molar-refractivity contribution >= 4 is 0 Å². The van der Waals surface area contributed by atoms with Crippen LogP contribution >= 0.6 is 0 Å². The molecule has 2 unspecified atom stereocenters. The van der Waals surface area contributed by atoms with Gasteiger partial charge in [-0.15, -0.1) is 0 Å². The first-order chi connectivity index (χ1) is 15.0. The minimum absolute atomic E-state index is 0.144. The van der Waals surface area contributed by atoms with Gasteiger partial charge >= 0.3 is 206 Å². The van der Waals surface area contributed by atoms with Crippen molar-refractivity contribution in [3.8, 4) is 0 Å². The molecule has 0 saturated carbocycles. The van der Waals surface area contributed by atoms with Crippen molar-refractivity contribution in [2.45, 2.75) is 91.1 Å². The maximum atomic E-state index is 6.79. The zero-order chi connectivity index (χ0) is 24.2. The second-order valence-electron chi connectivity index (χ2n) is 10.3. The van der Waals surface area contributed by atoms with Crippen LogP contribution in [0.25, 0.3) is 0 Å². The van der Waals surface area contributed by atoms with Crippen molar-refractivity contribution in [2.24, 2.45) is 11.5 Å². The zero-order valence-corrected chi connectivity index (χ0v) is 22.2. The zero-order valence-electron chi connectivity index (χ0n) is 21.2. The maximum absolute atomic E-state index is 6.79. The Hall–Kier alpha value is -1.16. The van der Waals surface area contributed by atoms with E-state index in [-0.39, 0.29) is 12.1 Å². The van der Waals surface area contributed by atoms with Crippen LogP contribution in [-0.2, 0) is 16.2 Å². The molecule has 0 radical (unpaired) electrons. The van der Waals surface area contributed by atoms with Crippen LogP contribution in [0.15, 0.2) is 36.4 Å². The van der Waals surface area contributed by atoms with Crippen LogP contribution in [0.4, 0.5) is 0 Å². The van der Waals surface area contributed by atoms with Gasteiger partial charge in [0.05, 0.1) is 0 Å². The summed E-state index contributed by atoms with van der Waals surface area (Å²) in [4.78, 5) is 0. The number of nitrogens with two attached hydrogens (primary N) is 2. The molecule has 2 aromatic carbocycles. The fraction of sp³-hybridized carbons (Fsp3) is 0.571. The molecule has 182 valence electrons. The summed E-state index contributed by atoms with van der Waals surface area (Å²) in [5.74, 6) is 1.67. The molecule has 0 heterocycles. The van der Waals surface area contributed by atoms with Crippen LogP contribution in [0.2, 0.25) is 0 Å². The topological polar surface area (TPSA) is 55.3 Å². The van der Waals surface area contributed by atoms with E-state index in [1.807, 2.05) is 3.92 Å². The molecule has 4 N–H and O–H groups in total. The first-order valence-electron chi connectivity index (χ1n) is 12.1. The van der Waals surface area contributed by atoms with E-state index in [1.54, 1.807) is 0 Å². The third-order valence-corrected chi connectivity index (χ3v) is 6.68. The molecule has 4 heteroatoms. The number of benzene rings is 2. The number of rotatable bonds is 10. The summed E-state index contributed by atoms with van der Waals surface area (Å²) >= 11 is 5.98. The summed E-state index contributed by atoms with van der Waals surface area (Å²) in [6.07, 6.45) is 0. The molecule has 2 aromatic rings. The summed E-state index contributed by atoms with van der Waals surface area (Å²) in [6.45, 7) is 19.0. The van der Waals surface area contributed by atoms with Crippen molar-refractivity contribution in [3.63, 3.8) is 0 Å². The van der Waals surface area contributed by atoms with Crippen LogP contribution in [0.1, 0.15) is 125 Å². The van der Waals surface area contributed by atoms with Gasteiger partial charge in [-0.25, -0.2) is 0 Å². The van der Waals surface area contributed by atoms with Crippen molar-refractivity contribution in [1.82, 2.24) is 3.92 Å². The van der Waals surface area contributed by atoms with E-state index < -0.39 is 0 Å². The average Bonchev–Trinajstić information content (AvgIpc) is 2.71. The summed E-state index contributed by atoms with van der Waals surface area (Å²) in [7, 11) is 0. The van der Waals surface area contributed by atoms with Crippen molar-refractivity contribution < 1.29 is 16.2 Å². The monoisotopic (exact) mass is 485 g/mol. The van der Waals surface area contributed by atoms with Crippen molar-refractivity contribution in [3.05, 3.63) is 69.8 Å². The number of nitrogens with zero attached hydrogens (tertiary/aromatic N) is 1. The summed E-state index contributed by atoms with van der Waals surface area (Å²) in [5, 5.41) is 0. The normalized spacial score (nSPS) is 14.3. The molecule has 0 aromatic heterocycles. The minimum atomic E-state index is -0.144. The quantitative estimate of drug-likeness (QED) is 0.370. The second kappa shape index (κ2) is 11.8. The van der Waals surface area contributed by atoms with Crippen LogP contribution in [-0.4, -0.2) is 17.0 Å². The Balaban J connectivity index is 2.29. The van der Waals surface area contributed by atoms with Crippen LogP contribution < -0.4 is 11.5 Å². The number of hydrogen-bond donors (Lipinski definition) is 2. The molecular weight excluding hydrogens is 442 g/mol. The third-order valence-electron chi connectivity index (χ3n) is 6.34. The van der Waals surface area contributed by atoms with Gasteiger partial charge in [0, 0.05) is 0 Å². The molecule has 0 aliphatic carbocycles. The Kier molecular flexibility index (Phi) is 10.00. The van der Waals surface area contributed by atoms with Crippen molar-refractivity contribution in [1.29, 1.82) is 0 Å². The molecule has 2 rings (SSSR count). The van der Waals surface area contributed by atoms with Gasteiger partial charge in [0.25, 0.3) is 0 Å². The van der Waals surface area contributed by atoms with E-state index >= 15 is 0 Å². The van der Waals surface area contributed by atoms with E-state index in [4.69, 9.17) is 27.7 Å². The Labute approximate surface area is 205 Å². The van der Waals surface area contributed by atoms with Gasteiger partial charge in [0.1, 0.15) is 0 Å². The average molecular weight is 486 g/mol. The summed E-state index contributed by atoms with van der Waals surface area (Å²) < 4.78 is 1.88. The molecule has 0 spiro atoms. The summed E-state index contributed by atoms with van der Waals surface area (Å²) in [5.41, 5.74) is 21.4. The van der Waals surface area contributed by atoms with E-state index in [0.717, 1.165) is 0 Å². The molecule has 0 aliphatic rings. The molecule has 0 aliphatic heterocycles. The van der Waals surface area contributed by atoms with E-state index in [0.29, 0.717) is 36.8 Å². The Morgan fingerprint density at radius 2 is 0.844 bits per heavy atom.